The first kappa shape index (κ1) is 22.9. The van der Waals surface area contributed by atoms with Crippen molar-refractivity contribution < 1.29 is 18.1 Å². The summed E-state index contributed by atoms with van der Waals surface area (Å²) in [6.45, 7) is 10.3. The van der Waals surface area contributed by atoms with Crippen molar-refractivity contribution in [1.82, 2.24) is 10.6 Å². The number of rotatable bonds is 13. The number of carbonyl (C=O) groups is 1. The Morgan fingerprint density at radius 2 is 1.81 bits per heavy atom. The van der Waals surface area contributed by atoms with Crippen molar-refractivity contribution in [1.29, 1.82) is 0 Å². The van der Waals surface area contributed by atoms with Gasteiger partial charge in [-0.1, -0.05) is 25.5 Å². The molecule has 1 aliphatic rings. The summed E-state index contributed by atoms with van der Waals surface area (Å²) >= 11 is 0. The molecule has 0 aromatic carbocycles. The lowest BCUT2D eigenvalue weighted by Gasteiger charge is -2.28. The second kappa shape index (κ2) is 13.1. The number of urea groups is 1. The Balaban J connectivity index is 2.33. The number of nitrogens with one attached hydrogen (secondary N) is 2. The second-order valence-corrected chi connectivity index (χ2v) is 9.00. The lowest BCUT2D eigenvalue weighted by Crippen LogP contribution is -2.46. The number of hydrogen-bond acceptors (Lipinski definition) is 4. The topological polar surface area (TPSA) is 68.8 Å². The van der Waals surface area contributed by atoms with Crippen molar-refractivity contribution in [2.24, 2.45) is 5.92 Å². The lowest BCUT2D eigenvalue weighted by atomic mass is 9.95. The molecule has 0 saturated carbocycles. The highest BCUT2D eigenvalue weighted by Crippen LogP contribution is 2.20. The summed E-state index contributed by atoms with van der Waals surface area (Å²) in [5.74, 6) is 0.599. The van der Waals surface area contributed by atoms with E-state index in [1.54, 1.807) is 0 Å². The van der Waals surface area contributed by atoms with Crippen LogP contribution in [0.25, 0.3) is 0 Å². The Morgan fingerprint density at radius 3 is 2.31 bits per heavy atom. The third-order valence-electron chi connectivity index (χ3n) is 4.14. The predicted molar refractivity (Wildman–Crippen MR) is 107 cm³/mol. The first-order valence-electron chi connectivity index (χ1n) is 9.94. The van der Waals surface area contributed by atoms with Crippen LogP contribution in [0.15, 0.2) is 23.9 Å². The van der Waals surface area contributed by atoms with Crippen LogP contribution in [0.2, 0.25) is 6.04 Å². The molecule has 0 spiro atoms. The van der Waals surface area contributed by atoms with Gasteiger partial charge >= 0.3 is 14.8 Å². The standard InChI is InChI=1S/C19H36N2O4Si/c1-5-10-17-11-13-18(14-12-17)21-19(22)20-15-9-16-26(23-6-2,24-7-3)25-8-4/h11,13-14,17H,5-10,12,15-16H2,1-4H3,(H2,20,21,22). The molecular weight excluding hydrogens is 348 g/mol. The quantitative estimate of drug-likeness (QED) is 0.372. The van der Waals surface area contributed by atoms with E-state index >= 15 is 0 Å². The average Bonchev–Trinajstić information content (AvgIpc) is 2.61. The Bertz CT molecular complexity index is 451. The van der Waals surface area contributed by atoms with Crippen LogP contribution in [-0.2, 0) is 13.3 Å². The van der Waals surface area contributed by atoms with Crippen LogP contribution in [0, 0.1) is 5.92 Å². The fourth-order valence-corrected chi connectivity index (χ4v) is 5.64. The van der Waals surface area contributed by atoms with E-state index in [1.807, 2.05) is 26.8 Å². The number of carbonyl (C=O) groups excluding carboxylic acids is 1. The Kier molecular flexibility index (Phi) is 11.5. The van der Waals surface area contributed by atoms with Crippen molar-refractivity contribution in [3.05, 3.63) is 23.9 Å². The van der Waals surface area contributed by atoms with Crippen LogP contribution in [0.3, 0.4) is 0 Å². The van der Waals surface area contributed by atoms with Crippen LogP contribution in [0.4, 0.5) is 4.79 Å². The number of allylic oxidation sites excluding steroid dienone is 3. The monoisotopic (exact) mass is 384 g/mol. The highest BCUT2D eigenvalue weighted by atomic mass is 28.4. The summed E-state index contributed by atoms with van der Waals surface area (Å²) in [5, 5.41) is 5.79. The maximum absolute atomic E-state index is 12.0. The summed E-state index contributed by atoms with van der Waals surface area (Å²) in [6, 6.07) is 0.524. The molecule has 0 heterocycles. The molecule has 1 aliphatic carbocycles. The van der Waals surface area contributed by atoms with Gasteiger partial charge in [-0.3, -0.25) is 0 Å². The largest absolute Gasteiger partial charge is 0.500 e. The number of hydrogen-bond donors (Lipinski definition) is 2. The maximum Gasteiger partial charge on any atom is 0.500 e. The van der Waals surface area contributed by atoms with Crippen LogP contribution in [-0.4, -0.2) is 41.2 Å². The van der Waals surface area contributed by atoms with Gasteiger partial charge in [0.1, 0.15) is 0 Å². The predicted octanol–water partition coefficient (Wildman–Crippen LogP) is 3.98. The number of amides is 2. The van der Waals surface area contributed by atoms with Crippen molar-refractivity contribution in [2.75, 3.05) is 26.4 Å². The summed E-state index contributed by atoms with van der Waals surface area (Å²) in [4.78, 5) is 12.0. The van der Waals surface area contributed by atoms with E-state index in [0.717, 1.165) is 18.5 Å². The van der Waals surface area contributed by atoms with E-state index in [2.05, 4.69) is 29.7 Å². The molecule has 6 nitrogen and oxygen atoms in total. The third kappa shape index (κ3) is 8.49. The zero-order chi connectivity index (χ0) is 19.3. The molecule has 0 radical (unpaired) electrons. The molecule has 1 unspecified atom stereocenters. The Morgan fingerprint density at radius 1 is 1.15 bits per heavy atom. The van der Waals surface area contributed by atoms with Crippen LogP contribution < -0.4 is 10.6 Å². The van der Waals surface area contributed by atoms with Crippen molar-refractivity contribution in [3.63, 3.8) is 0 Å². The summed E-state index contributed by atoms with van der Waals surface area (Å²) in [5.41, 5.74) is 0.872. The molecule has 150 valence electrons. The van der Waals surface area contributed by atoms with Gasteiger partial charge in [0.2, 0.25) is 0 Å². The van der Waals surface area contributed by atoms with Crippen molar-refractivity contribution in [3.8, 4) is 0 Å². The van der Waals surface area contributed by atoms with Gasteiger partial charge in [0.25, 0.3) is 0 Å². The molecule has 0 bridgehead atoms. The molecular formula is C19H36N2O4Si. The van der Waals surface area contributed by atoms with E-state index < -0.39 is 8.80 Å². The van der Waals surface area contributed by atoms with Crippen molar-refractivity contribution >= 4 is 14.8 Å². The fraction of sp³-hybridized carbons (Fsp3) is 0.737. The minimum absolute atomic E-state index is 0.175. The average molecular weight is 385 g/mol. The molecule has 0 aromatic rings. The van der Waals surface area contributed by atoms with Gasteiger partial charge in [-0.05, 0) is 52.0 Å². The molecule has 1 atom stereocenters. The van der Waals surface area contributed by atoms with E-state index in [4.69, 9.17) is 13.3 Å². The molecule has 0 fully saturated rings. The zero-order valence-corrected chi connectivity index (χ0v) is 17.8. The summed E-state index contributed by atoms with van der Waals surface area (Å²) in [6.07, 6.45) is 10.4. The SMILES string of the molecule is CCCC1C=CC(NC(=O)NCCC[Si](OCC)(OCC)OCC)=CC1. The van der Waals surface area contributed by atoms with E-state index in [9.17, 15) is 4.79 Å². The molecule has 26 heavy (non-hydrogen) atoms. The van der Waals surface area contributed by atoms with Gasteiger partial charge in [0, 0.05) is 38.1 Å². The molecule has 1 rings (SSSR count). The summed E-state index contributed by atoms with van der Waals surface area (Å²) < 4.78 is 17.5. The molecule has 2 amide bonds. The molecule has 2 N–H and O–H groups in total. The minimum Gasteiger partial charge on any atom is -0.374 e. The van der Waals surface area contributed by atoms with Gasteiger partial charge in [0.15, 0.2) is 0 Å². The minimum atomic E-state index is -2.62. The highest BCUT2D eigenvalue weighted by Gasteiger charge is 2.39. The first-order chi connectivity index (χ1) is 12.6. The first-order valence-corrected chi connectivity index (χ1v) is 11.9. The van der Waals surface area contributed by atoms with E-state index in [0.29, 0.717) is 38.3 Å². The maximum atomic E-state index is 12.0. The van der Waals surface area contributed by atoms with Crippen molar-refractivity contribution in [2.45, 2.75) is 59.4 Å². The Hall–Kier alpha value is -1.15. The van der Waals surface area contributed by atoms with Crippen LogP contribution in [0.1, 0.15) is 53.4 Å². The molecule has 0 saturated heterocycles. The smallest absolute Gasteiger partial charge is 0.374 e. The van der Waals surface area contributed by atoms with Gasteiger partial charge in [0.05, 0.1) is 0 Å². The normalized spacial score (nSPS) is 17.1. The molecule has 0 aromatic heterocycles. The van der Waals surface area contributed by atoms with Gasteiger partial charge in [-0.15, -0.1) is 0 Å². The Labute approximate surface area is 159 Å². The highest BCUT2D eigenvalue weighted by molar-refractivity contribution is 6.60. The van der Waals surface area contributed by atoms with Gasteiger partial charge in [-0.2, -0.15) is 0 Å². The second-order valence-electron chi connectivity index (χ2n) is 6.27. The van der Waals surface area contributed by atoms with E-state index in [-0.39, 0.29) is 6.03 Å². The third-order valence-corrected chi connectivity index (χ3v) is 7.30. The summed E-state index contributed by atoms with van der Waals surface area (Å²) in [7, 11) is -2.62. The van der Waals surface area contributed by atoms with Gasteiger partial charge < -0.3 is 23.9 Å². The van der Waals surface area contributed by atoms with Crippen LogP contribution >= 0.6 is 0 Å². The fourth-order valence-electron chi connectivity index (χ4n) is 3.03. The van der Waals surface area contributed by atoms with Gasteiger partial charge in [-0.25, -0.2) is 4.79 Å². The van der Waals surface area contributed by atoms with Crippen LogP contribution in [0.5, 0.6) is 0 Å². The lowest BCUT2D eigenvalue weighted by molar-refractivity contribution is 0.0708. The zero-order valence-electron chi connectivity index (χ0n) is 16.8. The molecule has 7 heteroatoms. The molecule has 0 aliphatic heterocycles. The van der Waals surface area contributed by atoms with E-state index in [1.165, 1.54) is 12.8 Å².